The van der Waals surface area contributed by atoms with Gasteiger partial charge in [-0.2, -0.15) is 0 Å². The molecule has 0 bridgehead atoms. The van der Waals surface area contributed by atoms with Gasteiger partial charge in [-0.25, -0.2) is 4.98 Å². The summed E-state index contributed by atoms with van der Waals surface area (Å²) in [5.74, 6) is -0.273. The Morgan fingerprint density at radius 2 is 2.11 bits per heavy atom. The molecule has 2 N–H and O–H groups in total. The first kappa shape index (κ1) is 17.3. The summed E-state index contributed by atoms with van der Waals surface area (Å²) in [5, 5.41) is 4.30. The van der Waals surface area contributed by atoms with E-state index in [1.165, 1.54) is 10.9 Å². The van der Waals surface area contributed by atoms with E-state index < -0.39 is 0 Å². The van der Waals surface area contributed by atoms with Crippen molar-refractivity contribution in [1.29, 1.82) is 0 Å². The first-order chi connectivity index (χ1) is 13.0. The van der Waals surface area contributed by atoms with Gasteiger partial charge >= 0.3 is 0 Å². The quantitative estimate of drug-likeness (QED) is 0.570. The molecule has 4 rings (SSSR count). The van der Waals surface area contributed by atoms with Crippen LogP contribution in [0.3, 0.4) is 0 Å². The minimum absolute atomic E-state index is 0.100. The van der Waals surface area contributed by atoms with Crippen molar-refractivity contribution in [2.45, 2.75) is 20.0 Å². The van der Waals surface area contributed by atoms with Crippen LogP contribution in [-0.4, -0.2) is 20.4 Å². The molecule has 2 heterocycles. The van der Waals surface area contributed by atoms with E-state index in [0.717, 1.165) is 22.0 Å². The second-order valence-electron chi connectivity index (χ2n) is 6.48. The maximum atomic E-state index is 12.7. The van der Waals surface area contributed by atoms with Crippen LogP contribution in [0.15, 0.2) is 53.6 Å². The number of H-pyrrole nitrogens is 1. The number of benzene rings is 2. The number of aromatic amines is 1. The van der Waals surface area contributed by atoms with Gasteiger partial charge in [0, 0.05) is 22.5 Å². The van der Waals surface area contributed by atoms with Gasteiger partial charge in [0.1, 0.15) is 17.6 Å². The van der Waals surface area contributed by atoms with Crippen molar-refractivity contribution < 1.29 is 4.79 Å². The van der Waals surface area contributed by atoms with Crippen LogP contribution in [-0.2, 0) is 17.9 Å². The van der Waals surface area contributed by atoms with Crippen LogP contribution >= 0.6 is 11.6 Å². The van der Waals surface area contributed by atoms with Gasteiger partial charge in [-0.15, -0.1) is 0 Å². The van der Waals surface area contributed by atoms with Gasteiger partial charge in [0.2, 0.25) is 5.91 Å². The molecule has 0 saturated heterocycles. The number of nitrogens with zero attached hydrogens (tertiary/aromatic N) is 2. The van der Waals surface area contributed by atoms with E-state index in [0.29, 0.717) is 22.6 Å². The van der Waals surface area contributed by atoms with Gasteiger partial charge in [-0.05, 0) is 36.8 Å². The molecule has 4 aromatic rings. The molecule has 0 radical (unpaired) electrons. The van der Waals surface area contributed by atoms with E-state index >= 15 is 0 Å². The van der Waals surface area contributed by atoms with Crippen molar-refractivity contribution in [2.75, 3.05) is 0 Å². The largest absolute Gasteiger partial charge is 0.350 e. The molecule has 0 saturated carbocycles. The molecule has 0 spiro atoms. The molecule has 0 aliphatic rings. The van der Waals surface area contributed by atoms with Crippen molar-refractivity contribution in [3.05, 3.63) is 75.3 Å². The Morgan fingerprint density at radius 3 is 2.93 bits per heavy atom. The molecule has 27 heavy (non-hydrogen) atoms. The highest BCUT2D eigenvalue weighted by molar-refractivity contribution is 6.30. The summed E-state index contributed by atoms with van der Waals surface area (Å²) in [5.41, 5.74) is 3.59. The molecule has 6 nitrogen and oxygen atoms in total. The Bertz CT molecular complexity index is 1230. The third-order valence-electron chi connectivity index (χ3n) is 4.42. The Labute approximate surface area is 159 Å². The van der Waals surface area contributed by atoms with Crippen molar-refractivity contribution in [3.8, 4) is 0 Å². The molecule has 2 aromatic carbocycles. The number of carbonyl (C=O) groups excluding carboxylic acids is 1. The second-order valence-corrected chi connectivity index (χ2v) is 6.92. The van der Waals surface area contributed by atoms with Crippen LogP contribution in [0.1, 0.15) is 11.1 Å². The maximum Gasteiger partial charge on any atom is 0.278 e. The standard InChI is InChI=1S/C20H17ClN4O2/c1-12-5-6-16-15(7-12)18-19(24-16)20(27)25(11-23-18)10-17(26)22-9-13-3-2-4-14(21)8-13/h2-8,11,24H,9-10H2,1H3,(H,22,26). The van der Waals surface area contributed by atoms with E-state index in [1.807, 2.05) is 37.3 Å². The monoisotopic (exact) mass is 380 g/mol. The highest BCUT2D eigenvalue weighted by Crippen LogP contribution is 2.22. The maximum absolute atomic E-state index is 12.7. The van der Waals surface area contributed by atoms with Crippen LogP contribution in [0.2, 0.25) is 5.02 Å². The highest BCUT2D eigenvalue weighted by atomic mass is 35.5. The van der Waals surface area contributed by atoms with Gasteiger partial charge in [-0.3, -0.25) is 14.2 Å². The molecule has 0 unspecified atom stereocenters. The number of carbonyl (C=O) groups is 1. The van der Waals surface area contributed by atoms with Crippen LogP contribution in [0.4, 0.5) is 0 Å². The lowest BCUT2D eigenvalue weighted by Gasteiger charge is -2.07. The molecule has 0 aliphatic heterocycles. The predicted molar refractivity (Wildman–Crippen MR) is 106 cm³/mol. The Balaban J connectivity index is 1.56. The summed E-state index contributed by atoms with van der Waals surface area (Å²) in [6.45, 7) is 2.23. The Hall–Kier alpha value is -3.12. The van der Waals surface area contributed by atoms with Gasteiger partial charge in [-0.1, -0.05) is 35.4 Å². The van der Waals surface area contributed by atoms with Crippen LogP contribution in [0.25, 0.3) is 21.9 Å². The number of hydrogen-bond donors (Lipinski definition) is 2. The fourth-order valence-electron chi connectivity index (χ4n) is 3.07. The lowest BCUT2D eigenvalue weighted by molar-refractivity contribution is -0.121. The normalized spacial score (nSPS) is 11.2. The van der Waals surface area contributed by atoms with Gasteiger partial charge in [0.15, 0.2) is 0 Å². The highest BCUT2D eigenvalue weighted by Gasteiger charge is 2.12. The molecule has 136 valence electrons. The molecule has 1 amide bonds. The average molecular weight is 381 g/mol. The molecular weight excluding hydrogens is 364 g/mol. The first-order valence-corrected chi connectivity index (χ1v) is 8.88. The number of hydrogen-bond acceptors (Lipinski definition) is 3. The number of aromatic nitrogens is 3. The number of nitrogens with one attached hydrogen (secondary N) is 2. The third-order valence-corrected chi connectivity index (χ3v) is 4.66. The summed E-state index contributed by atoms with van der Waals surface area (Å²) in [6, 6.07) is 13.1. The second kappa shape index (κ2) is 6.89. The van der Waals surface area contributed by atoms with Crippen molar-refractivity contribution in [1.82, 2.24) is 19.9 Å². The SMILES string of the molecule is Cc1ccc2[nH]c3c(=O)n(CC(=O)NCc4cccc(Cl)c4)cnc3c2c1. The number of amides is 1. The van der Waals surface area contributed by atoms with Crippen LogP contribution in [0.5, 0.6) is 0 Å². The summed E-state index contributed by atoms with van der Waals surface area (Å²) in [6.07, 6.45) is 1.42. The molecule has 0 fully saturated rings. The van der Waals surface area contributed by atoms with Gasteiger partial charge in [0.05, 0.1) is 6.33 Å². The van der Waals surface area contributed by atoms with Gasteiger partial charge < -0.3 is 10.3 Å². The average Bonchev–Trinajstić information content (AvgIpc) is 3.01. The summed E-state index contributed by atoms with van der Waals surface area (Å²) in [4.78, 5) is 32.5. The smallest absolute Gasteiger partial charge is 0.278 e. The van der Waals surface area contributed by atoms with E-state index in [9.17, 15) is 9.59 Å². The van der Waals surface area contributed by atoms with E-state index in [-0.39, 0.29) is 18.0 Å². The lowest BCUT2D eigenvalue weighted by atomic mass is 10.2. The van der Waals surface area contributed by atoms with Crippen LogP contribution in [0, 0.1) is 6.92 Å². The number of rotatable bonds is 4. The molecule has 2 aromatic heterocycles. The fourth-order valence-corrected chi connectivity index (χ4v) is 3.29. The zero-order valence-electron chi connectivity index (χ0n) is 14.6. The number of fused-ring (bicyclic) bond motifs is 3. The van der Waals surface area contributed by atoms with Crippen molar-refractivity contribution in [3.63, 3.8) is 0 Å². The number of aryl methyl sites for hydroxylation is 1. The lowest BCUT2D eigenvalue weighted by Crippen LogP contribution is -2.32. The zero-order valence-corrected chi connectivity index (χ0v) is 15.4. The summed E-state index contributed by atoms with van der Waals surface area (Å²) >= 11 is 5.94. The minimum Gasteiger partial charge on any atom is -0.350 e. The Morgan fingerprint density at radius 1 is 1.26 bits per heavy atom. The fraction of sp³-hybridized carbons (Fsp3) is 0.150. The van der Waals surface area contributed by atoms with Crippen molar-refractivity contribution >= 4 is 39.4 Å². The summed E-state index contributed by atoms with van der Waals surface area (Å²) < 4.78 is 1.30. The van der Waals surface area contributed by atoms with Gasteiger partial charge in [0.25, 0.3) is 5.56 Å². The predicted octanol–water partition coefficient (Wildman–Crippen LogP) is 3.16. The molecule has 0 atom stereocenters. The molecule has 0 aliphatic carbocycles. The molecule has 7 heteroatoms. The van der Waals surface area contributed by atoms with Crippen molar-refractivity contribution in [2.24, 2.45) is 0 Å². The van der Waals surface area contributed by atoms with E-state index in [1.54, 1.807) is 12.1 Å². The van der Waals surface area contributed by atoms with Crippen LogP contribution < -0.4 is 10.9 Å². The zero-order chi connectivity index (χ0) is 19.0. The minimum atomic E-state index is -0.273. The number of halogens is 1. The van der Waals surface area contributed by atoms with E-state index in [2.05, 4.69) is 15.3 Å². The topological polar surface area (TPSA) is 79.8 Å². The Kier molecular flexibility index (Phi) is 4.41. The first-order valence-electron chi connectivity index (χ1n) is 8.50. The molecular formula is C20H17ClN4O2. The van der Waals surface area contributed by atoms with E-state index in [4.69, 9.17) is 11.6 Å². The third kappa shape index (κ3) is 3.44. The summed E-state index contributed by atoms with van der Waals surface area (Å²) in [7, 11) is 0.